The van der Waals surface area contributed by atoms with Gasteiger partial charge >= 0.3 is 0 Å². The van der Waals surface area contributed by atoms with Crippen molar-refractivity contribution in [1.29, 1.82) is 0 Å². The molecule has 0 saturated carbocycles. The van der Waals surface area contributed by atoms with Gasteiger partial charge in [0.05, 0.1) is 10.8 Å². The first-order valence-electron chi connectivity index (χ1n) is 8.61. The van der Waals surface area contributed by atoms with Gasteiger partial charge in [0.25, 0.3) is 17.5 Å². The topological polar surface area (TPSA) is 104 Å². The van der Waals surface area contributed by atoms with Gasteiger partial charge in [0.1, 0.15) is 5.56 Å². The third kappa shape index (κ3) is 1.70. The Bertz CT molecular complexity index is 869. The van der Waals surface area contributed by atoms with Gasteiger partial charge in [0.2, 0.25) is 5.91 Å². The van der Waals surface area contributed by atoms with Gasteiger partial charge in [0.15, 0.2) is 5.66 Å². The maximum absolute atomic E-state index is 13.1. The number of imide groups is 1. The molecule has 0 N–H and O–H groups in total. The molecule has 9 heteroatoms. The van der Waals surface area contributed by atoms with E-state index in [-0.39, 0.29) is 29.5 Å². The van der Waals surface area contributed by atoms with Crippen molar-refractivity contribution in [3.8, 4) is 0 Å². The summed E-state index contributed by atoms with van der Waals surface area (Å²) >= 11 is 0. The Balaban J connectivity index is 2.01. The fourth-order valence-electron chi connectivity index (χ4n) is 4.58. The SMILES string of the molecule is CCC(=O)N1C(=O)[C@@H](C)[C@@]23c4cccc([N+](=O)[O-])c4C(=O)N2CCCN13. The lowest BCUT2D eigenvalue weighted by atomic mass is 9.85. The molecule has 4 rings (SSSR count). The lowest BCUT2D eigenvalue weighted by molar-refractivity contribution is -0.385. The first-order valence-corrected chi connectivity index (χ1v) is 8.61. The standard InChI is InChI=1S/C17H18N4O5/c1-3-13(22)20-15(23)10(2)17-11-6-4-7-12(21(25)26)14(11)16(24)18(17)8-5-9-19(17)20/h4,6-7,10H,3,5,8-9H2,1-2H3/t10-,17-/m1/s1. The van der Waals surface area contributed by atoms with E-state index in [9.17, 15) is 24.5 Å². The Hall–Kier alpha value is -2.81. The summed E-state index contributed by atoms with van der Waals surface area (Å²) in [6.45, 7) is 4.16. The summed E-state index contributed by atoms with van der Waals surface area (Å²) in [5, 5.41) is 14.2. The highest BCUT2D eigenvalue weighted by molar-refractivity contribution is 6.06. The number of hydrazine groups is 1. The van der Waals surface area contributed by atoms with E-state index in [0.717, 1.165) is 5.01 Å². The molecule has 136 valence electrons. The van der Waals surface area contributed by atoms with Crippen LogP contribution in [0.2, 0.25) is 0 Å². The molecule has 3 heterocycles. The predicted octanol–water partition coefficient (Wildman–Crippen LogP) is 1.24. The van der Waals surface area contributed by atoms with Gasteiger partial charge in [-0.15, -0.1) is 0 Å². The Morgan fingerprint density at radius 2 is 2.08 bits per heavy atom. The molecule has 1 aromatic carbocycles. The van der Waals surface area contributed by atoms with Gasteiger partial charge < -0.3 is 4.90 Å². The molecule has 0 aromatic heterocycles. The number of nitrogens with zero attached hydrogens (tertiary/aromatic N) is 4. The first-order chi connectivity index (χ1) is 12.4. The molecular weight excluding hydrogens is 340 g/mol. The summed E-state index contributed by atoms with van der Waals surface area (Å²) in [5.74, 6) is -1.88. The van der Waals surface area contributed by atoms with Gasteiger partial charge in [-0.25, -0.2) is 5.01 Å². The van der Waals surface area contributed by atoms with Gasteiger partial charge in [-0.3, -0.25) is 24.5 Å². The van der Waals surface area contributed by atoms with Crippen LogP contribution in [0.15, 0.2) is 18.2 Å². The molecule has 9 nitrogen and oxygen atoms in total. The van der Waals surface area contributed by atoms with Crippen molar-refractivity contribution in [2.24, 2.45) is 5.92 Å². The molecule has 3 amide bonds. The zero-order chi connectivity index (χ0) is 18.8. The Morgan fingerprint density at radius 3 is 2.73 bits per heavy atom. The van der Waals surface area contributed by atoms with Crippen LogP contribution in [-0.4, -0.2) is 50.7 Å². The number of benzene rings is 1. The maximum atomic E-state index is 13.1. The molecule has 0 unspecified atom stereocenters. The summed E-state index contributed by atoms with van der Waals surface area (Å²) < 4.78 is 0. The molecule has 1 spiro atoms. The minimum atomic E-state index is -1.17. The zero-order valence-electron chi connectivity index (χ0n) is 14.5. The normalized spacial score (nSPS) is 27.4. The van der Waals surface area contributed by atoms with Crippen LogP contribution < -0.4 is 0 Å². The Labute approximate surface area is 149 Å². The van der Waals surface area contributed by atoms with Crippen molar-refractivity contribution < 1.29 is 19.3 Å². The van der Waals surface area contributed by atoms with Gasteiger partial charge in [-0.1, -0.05) is 19.1 Å². The van der Waals surface area contributed by atoms with Crippen LogP contribution in [0.3, 0.4) is 0 Å². The van der Waals surface area contributed by atoms with Gasteiger partial charge in [0, 0.05) is 31.1 Å². The number of carbonyl (C=O) groups excluding carboxylic acids is 3. The highest BCUT2D eigenvalue weighted by Crippen LogP contribution is 2.55. The number of hydrogen-bond donors (Lipinski definition) is 0. The molecule has 0 aliphatic carbocycles. The fraction of sp³-hybridized carbons (Fsp3) is 0.471. The quantitative estimate of drug-likeness (QED) is 0.582. The molecule has 2 atom stereocenters. The summed E-state index contributed by atoms with van der Waals surface area (Å²) in [4.78, 5) is 50.8. The Morgan fingerprint density at radius 1 is 1.35 bits per heavy atom. The molecule has 2 fully saturated rings. The van der Waals surface area contributed by atoms with Crippen LogP contribution in [0.1, 0.15) is 42.6 Å². The van der Waals surface area contributed by atoms with Crippen molar-refractivity contribution in [1.82, 2.24) is 14.9 Å². The molecule has 3 aliphatic rings. The molecule has 2 saturated heterocycles. The molecule has 0 bridgehead atoms. The summed E-state index contributed by atoms with van der Waals surface area (Å²) in [6.07, 6.45) is 0.726. The van der Waals surface area contributed by atoms with Crippen molar-refractivity contribution in [2.45, 2.75) is 32.4 Å². The van der Waals surface area contributed by atoms with Crippen LogP contribution in [0.4, 0.5) is 5.69 Å². The number of amides is 3. The predicted molar refractivity (Wildman–Crippen MR) is 88.4 cm³/mol. The van der Waals surface area contributed by atoms with E-state index in [2.05, 4.69) is 0 Å². The molecular formula is C17H18N4O5. The van der Waals surface area contributed by atoms with Gasteiger partial charge in [-0.05, 0) is 13.3 Å². The fourth-order valence-corrected chi connectivity index (χ4v) is 4.58. The summed E-state index contributed by atoms with van der Waals surface area (Å²) in [5.41, 5.74) is -0.979. The summed E-state index contributed by atoms with van der Waals surface area (Å²) in [7, 11) is 0. The number of carbonyl (C=O) groups is 3. The highest BCUT2D eigenvalue weighted by atomic mass is 16.6. The number of fused-ring (bicyclic) bond motifs is 1. The van der Waals surface area contributed by atoms with Crippen molar-refractivity contribution in [3.05, 3.63) is 39.4 Å². The molecule has 3 aliphatic heterocycles. The molecule has 26 heavy (non-hydrogen) atoms. The average molecular weight is 358 g/mol. The van der Waals surface area contributed by atoms with E-state index in [1.165, 1.54) is 17.0 Å². The van der Waals surface area contributed by atoms with E-state index < -0.39 is 22.4 Å². The summed E-state index contributed by atoms with van der Waals surface area (Å²) in [6, 6.07) is 4.48. The van der Waals surface area contributed by atoms with Crippen molar-refractivity contribution in [2.75, 3.05) is 13.1 Å². The average Bonchev–Trinajstić information content (AvgIpc) is 3.04. The zero-order valence-corrected chi connectivity index (χ0v) is 14.5. The van der Waals surface area contributed by atoms with Crippen LogP contribution >= 0.6 is 0 Å². The number of nitro benzene ring substituents is 1. The highest BCUT2D eigenvalue weighted by Gasteiger charge is 2.68. The Kier molecular flexibility index (Phi) is 3.42. The lowest BCUT2D eigenvalue weighted by Crippen LogP contribution is -2.62. The van der Waals surface area contributed by atoms with Gasteiger partial charge in [-0.2, -0.15) is 5.01 Å². The van der Waals surface area contributed by atoms with E-state index in [0.29, 0.717) is 25.1 Å². The number of hydrogen-bond acceptors (Lipinski definition) is 6. The molecule has 0 radical (unpaired) electrons. The monoisotopic (exact) mass is 358 g/mol. The number of rotatable bonds is 2. The maximum Gasteiger partial charge on any atom is 0.282 e. The smallest absolute Gasteiger partial charge is 0.282 e. The second kappa shape index (κ2) is 5.34. The second-order valence-electron chi connectivity index (χ2n) is 6.74. The van der Waals surface area contributed by atoms with E-state index >= 15 is 0 Å². The van der Waals surface area contributed by atoms with Crippen molar-refractivity contribution in [3.63, 3.8) is 0 Å². The van der Waals surface area contributed by atoms with Crippen molar-refractivity contribution >= 4 is 23.4 Å². The van der Waals surface area contributed by atoms with E-state index in [1.54, 1.807) is 24.9 Å². The number of nitro groups is 1. The third-order valence-corrected chi connectivity index (χ3v) is 5.61. The van der Waals surface area contributed by atoms with E-state index in [1.807, 2.05) is 0 Å². The van der Waals surface area contributed by atoms with Crippen LogP contribution in [0, 0.1) is 16.0 Å². The minimum Gasteiger partial charge on any atom is -0.313 e. The van der Waals surface area contributed by atoms with Crippen LogP contribution in [0.5, 0.6) is 0 Å². The minimum absolute atomic E-state index is 0.0230. The first kappa shape index (κ1) is 16.6. The van der Waals surface area contributed by atoms with Crippen LogP contribution in [-0.2, 0) is 15.3 Å². The molecule has 1 aromatic rings. The largest absolute Gasteiger partial charge is 0.313 e. The second-order valence-corrected chi connectivity index (χ2v) is 6.74. The van der Waals surface area contributed by atoms with Crippen LogP contribution in [0.25, 0.3) is 0 Å². The lowest BCUT2D eigenvalue weighted by Gasteiger charge is -2.48. The third-order valence-electron chi connectivity index (χ3n) is 5.61. The van der Waals surface area contributed by atoms with E-state index in [4.69, 9.17) is 0 Å².